The van der Waals surface area contributed by atoms with Crippen LogP contribution < -0.4 is 5.73 Å². The highest BCUT2D eigenvalue weighted by Crippen LogP contribution is 2.52. The Bertz CT molecular complexity index is 406. The van der Waals surface area contributed by atoms with Crippen LogP contribution in [0, 0.1) is 5.92 Å². The number of hydrogen-bond donors (Lipinski definition) is 1. The summed E-state index contributed by atoms with van der Waals surface area (Å²) in [7, 11) is 1.70. The molecule has 20 heavy (non-hydrogen) atoms. The maximum Gasteiger partial charge on any atom is 0.122 e. The molecule has 4 atom stereocenters. The lowest BCUT2D eigenvalue weighted by Gasteiger charge is -2.45. The van der Waals surface area contributed by atoms with Crippen LogP contribution in [0.25, 0.3) is 0 Å². The molecule has 0 bridgehead atoms. The Balaban J connectivity index is 2.16. The van der Waals surface area contributed by atoms with Gasteiger partial charge in [-0.15, -0.1) is 0 Å². The number of methoxy groups -OCH3 is 1. The van der Waals surface area contributed by atoms with E-state index in [-0.39, 0.29) is 17.6 Å². The van der Waals surface area contributed by atoms with E-state index in [1.54, 1.807) is 7.11 Å². The van der Waals surface area contributed by atoms with Crippen molar-refractivity contribution in [2.45, 2.75) is 51.0 Å². The third-order valence-corrected chi connectivity index (χ3v) is 4.41. The van der Waals surface area contributed by atoms with Gasteiger partial charge in [-0.3, -0.25) is 0 Å². The second kappa shape index (κ2) is 5.60. The molecular weight excluding hydrogens is 254 g/mol. The minimum absolute atomic E-state index is 0.0215. The van der Waals surface area contributed by atoms with Crippen molar-refractivity contribution in [2.75, 3.05) is 20.3 Å². The van der Waals surface area contributed by atoms with E-state index in [0.717, 1.165) is 25.0 Å². The zero-order chi connectivity index (χ0) is 15.0. The number of hydrogen-bond acceptors (Lipinski definition) is 4. The van der Waals surface area contributed by atoms with E-state index < -0.39 is 5.72 Å². The number of nitrogens with two attached hydrogens (primary N) is 1. The topological polar surface area (TPSA) is 57.0 Å². The van der Waals surface area contributed by atoms with Crippen molar-refractivity contribution < 1.29 is 14.2 Å². The largest absolute Gasteiger partial charge is 0.377 e. The quantitative estimate of drug-likeness (QED) is 0.477. The minimum Gasteiger partial charge on any atom is -0.377 e. The van der Waals surface area contributed by atoms with E-state index in [0.29, 0.717) is 6.61 Å². The van der Waals surface area contributed by atoms with Crippen LogP contribution in [0.1, 0.15) is 33.6 Å². The van der Waals surface area contributed by atoms with Crippen LogP contribution in [0.2, 0.25) is 0 Å². The van der Waals surface area contributed by atoms with Crippen molar-refractivity contribution in [3.63, 3.8) is 0 Å². The molecule has 4 nitrogen and oxygen atoms in total. The van der Waals surface area contributed by atoms with Crippen LogP contribution in [-0.2, 0) is 14.2 Å². The van der Waals surface area contributed by atoms with Crippen molar-refractivity contribution in [2.24, 2.45) is 11.7 Å². The maximum atomic E-state index is 6.47. The summed E-state index contributed by atoms with van der Waals surface area (Å²) in [6.45, 7) is 11.4. The van der Waals surface area contributed by atoms with E-state index >= 15 is 0 Å². The molecule has 0 aromatic rings. The van der Waals surface area contributed by atoms with Crippen molar-refractivity contribution in [1.82, 2.24) is 0 Å². The van der Waals surface area contributed by atoms with Gasteiger partial charge in [0.05, 0.1) is 25.2 Å². The molecule has 1 saturated carbocycles. The first-order valence-electron chi connectivity index (χ1n) is 7.23. The lowest BCUT2D eigenvalue weighted by Crippen LogP contribution is -2.60. The van der Waals surface area contributed by atoms with Gasteiger partial charge >= 0.3 is 0 Å². The lowest BCUT2D eigenvalue weighted by molar-refractivity contribution is -0.131. The fourth-order valence-corrected chi connectivity index (χ4v) is 3.20. The first-order valence-corrected chi connectivity index (χ1v) is 7.23. The lowest BCUT2D eigenvalue weighted by atomic mass is 9.70. The van der Waals surface area contributed by atoms with Gasteiger partial charge in [-0.05, 0) is 39.2 Å². The standard InChI is InChI=1S/C16H27NO3/c1-11(2)7-9-19-15(4,17)14-13(18-5)12(3)6-8-16(14)10-20-16/h7,13-14H,3,6,8-10,17H2,1-2,4-5H3/t13-,14-,15+,16+/m1/s1. The molecule has 0 aromatic heterocycles. The Morgan fingerprint density at radius 2 is 2.25 bits per heavy atom. The Labute approximate surface area is 122 Å². The SMILES string of the molecule is C=C1CC[C@]2(CO2)[C@@H]([C@@](C)(N)OCC=C(C)C)[C@@H]1OC. The summed E-state index contributed by atoms with van der Waals surface area (Å²) in [4.78, 5) is 0. The minimum atomic E-state index is -0.799. The summed E-state index contributed by atoms with van der Waals surface area (Å²) in [5.74, 6) is -0.0215. The molecule has 1 aliphatic carbocycles. The average Bonchev–Trinajstić information content (AvgIpc) is 3.11. The zero-order valence-corrected chi connectivity index (χ0v) is 13.1. The van der Waals surface area contributed by atoms with Gasteiger partial charge in [0.15, 0.2) is 0 Å². The molecule has 2 fully saturated rings. The van der Waals surface area contributed by atoms with E-state index in [2.05, 4.69) is 6.58 Å². The highest BCUT2D eigenvalue weighted by atomic mass is 16.6. The normalized spacial score (nSPS) is 35.8. The summed E-state index contributed by atoms with van der Waals surface area (Å²) < 4.78 is 17.3. The number of allylic oxidation sites excluding steroid dienone is 1. The zero-order valence-electron chi connectivity index (χ0n) is 13.1. The molecule has 1 heterocycles. The van der Waals surface area contributed by atoms with Crippen molar-refractivity contribution in [3.8, 4) is 0 Å². The molecule has 0 unspecified atom stereocenters. The summed E-state index contributed by atoms with van der Waals surface area (Å²) in [5.41, 5.74) is 7.79. The molecule has 0 amide bonds. The monoisotopic (exact) mass is 281 g/mol. The Hall–Kier alpha value is -0.680. The van der Waals surface area contributed by atoms with Crippen LogP contribution in [0.4, 0.5) is 0 Å². The van der Waals surface area contributed by atoms with Gasteiger partial charge in [0.2, 0.25) is 0 Å². The van der Waals surface area contributed by atoms with Crippen LogP contribution in [-0.4, -0.2) is 37.8 Å². The van der Waals surface area contributed by atoms with Crippen molar-refractivity contribution in [1.29, 1.82) is 0 Å². The summed E-state index contributed by atoms with van der Waals surface area (Å²) >= 11 is 0. The van der Waals surface area contributed by atoms with Crippen molar-refractivity contribution >= 4 is 0 Å². The number of epoxide rings is 1. The Morgan fingerprint density at radius 1 is 1.60 bits per heavy atom. The molecule has 2 N–H and O–H groups in total. The number of ether oxygens (including phenoxy) is 3. The van der Waals surface area contributed by atoms with Crippen LogP contribution in [0.15, 0.2) is 23.8 Å². The van der Waals surface area contributed by atoms with Crippen LogP contribution in [0.3, 0.4) is 0 Å². The van der Waals surface area contributed by atoms with Gasteiger partial charge in [0.25, 0.3) is 0 Å². The first-order chi connectivity index (χ1) is 9.32. The van der Waals surface area contributed by atoms with Crippen LogP contribution in [0.5, 0.6) is 0 Å². The predicted molar refractivity (Wildman–Crippen MR) is 79.3 cm³/mol. The summed E-state index contributed by atoms with van der Waals surface area (Å²) in [5, 5.41) is 0. The predicted octanol–water partition coefficient (Wildman–Crippen LogP) is 2.39. The molecule has 1 saturated heterocycles. The fourth-order valence-electron chi connectivity index (χ4n) is 3.20. The van der Waals surface area contributed by atoms with E-state index in [1.165, 1.54) is 5.57 Å². The van der Waals surface area contributed by atoms with Gasteiger partial charge in [0.1, 0.15) is 11.3 Å². The highest BCUT2D eigenvalue weighted by Gasteiger charge is 2.62. The van der Waals surface area contributed by atoms with Gasteiger partial charge in [-0.1, -0.05) is 18.2 Å². The Kier molecular flexibility index (Phi) is 4.40. The number of rotatable bonds is 5. The highest BCUT2D eigenvalue weighted by molar-refractivity contribution is 5.21. The average molecular weight is 281 g/mol. The van der Waals surface area contributed by atoms with Gasteiger partial charge in [-0.25, -0.2) is 0 Å². The van der Waals surface area contributed by atoms with Crippen molar-refractivity contribution in [3.05, 3.63) is 23.8 Å². The second-order valence-electron chi connectivity index (χ2n) is 6.42. The summed E-state index contributed by atoms with van der Waals surface area (Å²) in [6, 6.07) is 0. The Morgan fingerprint density at radius 3 is 2.75 bits per heavy atom. The second-order valence-corrected chi connectivity index (χ2v) is 6.42. The molecule has 4 heteroatoms. The molecule has 0 radical (unpaired) electrons. The summed E-state index contributed by atoms with van der Waals surface area (Å²) in [6.07, 6.45) is 3.81. The third-order valence-electron chi connectivity index (χ3n) is 4.41. The molecule has 1 spiro atoms. The first kappa shape index (κ1) is 15.7. The molecule has 2 rings (SSSR count). The molecular formula is C16H27NO3. The van der Waals surface area contributed by atoms with E-state index in [9.17, 15) is 0 Å². The van der Waals surface area contributed by atoms with Crippen LogP contribution >= 0.6 is 0 Å². The maximum absolute atomic E-state index is 6.47. The van der Waals surface area contributed by atoms with E-state index in [1.807, 2.05) is 26.8 Å². The fraction of sp³-hybridized carbons (Fsp3) is 0.750. The molecule has 0 aromatic carbocycles. The molecule has 2 aliphatic rings. The smallest absolute Gasteiger partial charge is 0.122 e. The molecule has 1 aliphatic heterocycles. The van der Waals surface area contributed by atoms with Gasteiger partial charge in [0, 0.05) is 7.11 Å². The third kappa shape index (κ3) is 2.98. The molecule has 114 valence electrons. The van der Waals surface area contributed by atoms with E-state index in [4.69, 9.17) is 19.9 Å². The van der Waals surface area contributed by atoms with Gasteiger partial charge < -0.3 is 19.9 Å². The van der Waals surface area contributed by atoms with Gasteiger partial charge in [-0.2, -0.15) is 0 Å².